The highest BCUT2D eigenvalue weighted by molar-refractivity contribution is 7.14. The Bertz CT molecular complexity index is 1030. The summed E-state index contributed by atoms with van der Waals surface area (Å²) in [5.41, 5.74) is 3.92. The zero-order chi connectivity index (χ0) is 20.9. The fraction of sp³-hybridized carbons (Fsp3) is 0.364. The molecule has 1 fully saturated rings. The molecule has 2 amide bonds. The van der Waals surface area contributed by atoms with Crippen LogP contribution in [0.15, 0.2) is 35.0 Å². The van der Waals surface area contributed by atoms with E-state index in [2.05, 4.69) is 46.5 Å². The number of carbonyl (C=O) groups is 2. The first-order chi connectivity index (χ1) is 14.6. The van der Waals surface area contributed by atoms with E-state index in [0.717, 1.165) is 24.1 Å². The first-order valence-corrected chi connectivity index (χ1v) is 12.0. The molecule has 0 atom stereocenters. The molecule has 6 nitrogen and oxygen atoms in total. The molecule has 3 heterocycles. The van der Waals surface area contributed by atoms with Crippen molar-refractivity contribution in [3.05, 3.63) is 46.3 Å². The minimum atomic E-state index is -0.157. The fourth-order valence-electron chi connectivity index (χ4n) is 3.37. The van der Waals surface area contributed by atoms with E-state index in [1.807, 2.05) is 10.8 Å². The third-order valence-corrected chi connectivity index (χ3v) is 6.68. The molecular formula is C22H24N4O2S2. The zero-order valence-electron chi connectivity index (χ0n) is 16.9. The van der Waals surface area contributed by atoms with Crippen molar-refractivity contribution in [2.45, 2.75) is 45.4 Å². The zero-order valence-corrected chi connectivity index (χ0v) is 18.5. The Balaban J connectivity index is 1.34. The fourth-order valence-corrected chi connectivity index (χ4v) is 4.97. The normalized spacial score (nSPS) is 13.8. The SMILES string of the molecule is CCCCc1ccc(-c2csc(NC(=O)Cc3csc(N4CCCC4=O)n3)n2)cc1. The van der Waals surface area contributed by atoms with Crippen LogP contribution in [0.1, 0.15) is 43.9 Å². The van der Waals surface area contributed by atoms with Gasteiger partial charge in [0.15, 0.2) is 10.3 Å². The average molecular weight is 441 g/mol. The van der Waals surface area contributed by atoms with Gasteiger partial charge in [0.2, 0.25) is 11.8 Å². The topological polar surface area (TPSA) is 75.2 Å². The Hall–Kier alpha value is -2.58. The second kappa shape index (κ2) is 9.49. The average Bonchev–Trinajstić information content (AvgIpc) is 3.48. The van der Waals surface area contributed by atoms with E-state index < -0.39 is 0 Å². The molecule has 0 saturated carbocycles. The summed E-state index contributed by atoms with van der Waals surface area (Å²) in [7, 11) is 0. The quantitative estimate of drug-likeness (QED) is 0.540. The summed E-state index contributed by atoms with van der Waals surface area (Å²) < 4.78 is 0. The first-order valence-electron chi connectivity index (χ1n) is 10.2. The number of hydrogen-bond acceptors (Lipinski definition) is 6. The number of aromatic nitrogens is 2. The molecule has 1 N–H and O–H groups in total. The Kier molecular flexibility index (Phi) is 6.54. The summed E-state index contributed by atoms with van der Waals surface area (Å²) in [6.07, 6.45) is 5.08. The second-order valence-corrected chi connectivity index (χ2v) is 9.03. The van der Waals surface area contributed by atoms with E-state index in [1.165, 1.54) is 41.1 Å². The van der Waals surface area contributed by atoms with Crippen LogP contribution in [-0.4, -0.2) is 28.3 Å². The Morgan fingerprint density at radius 1 is 1.17 bits per heavy atom. The van der Waals surface area contributed by atoms with Crippen LogP contribution in [0.2, 0.25) is 0 Å². The lowest BCUT2D eigenvalue weighted by Crippen LogP contribution is -2.23. The molecule has 8 heteroatoms. The van der Waals surface area contributed by atoms with Gasteiger partial charge in [0, 0.05) is 29.3 Å². The van der Waals surface area contributed by atoms with Gasteiger partial charge < -0.3 is 5.32 Å². The number of rotatable bonds is 8. The molecule has 3 aromatic rings. The number of carbonyl (C=O) groups excluding carboxylic acids is 2. The lowest BCUT2D eigenvalue weighted by Gasteiger charge is -2.10. The van der Waals surface area contributed by atoms with Gasteiger partial charge >= 0.3 is 0 Å². The van der Waals surface area contributed by atoms with Gasteiger partial charge in [0.1, 0.15) is 0 Å². The van der Waals surface area contributed by atoms with Crippen molar-refractivity contribution in [3.63, 3.8) is 0 Å². The predicted molar refractivity (Wildman–Crippen MR) is 122 cm³/mol. The van der Waals surface area contributed by atoms with Gasteiger partial charge in [-0.05, 0) is 24.8 Å². The van der Waals surface area contributed by atoms with Gasteiger partial charge in [-0.15, -0.1) is 22.7 Å². The highest BCUT2D eigenvalue weighted by atomic mass is 32.1. The van der Waals surface area contributed by atoms with Crippen molar-refractivity contribution >= 4 is 44.8 Å². The summed E-state index contributed by atoms with van der Waals surface area (Å²) in [6.45, 7) is 2.90. The smallest absolute Gasteiger partial charge is 0.232 e. The Morgan fingerprint density at radius 2 is 2.00 bits per heavy atom. The Labute approximate surface area is 184 Å². The minimum absolute atomic E-state index is 0.106. The number of unbranched alkanes of at least 4 members (excludes halogenated alkanes) is 1. The molecule has 30 heavy (non-hydrogen) atoms. The molecule has 1 aliphatic rings. The molecule has 1 saturated heterocycles. The van der Waals surface area contributed by atoms with Crippen LogP contribution in [0.3, 0.4) is 0 Å². The predicted octanol–water partition coefficient (Wildman–Crippen LogP) is 4.92. The Morgan fingerprint density at radius 3 is 2.73 bits per heavy atom. The number of anilines is 2. The molecule has 2 aromatic heterocycles. The molecule has 1 aliphatic heterocycles. The maximum Gasteiger partial charge on any atom is 0.232 e. The van der Waals surface area contributed by atoms with Crippen molar-refractivity contribution < 1.29 is 9.59 Å². The summed E-state index contributed by atoms with van der Waals surface area (Å²) >= 11 is 2.82. The summed E-state index contributed by atoms with van der Waals surface area (Å²) in [5, 5.41) is 7.91. The molecule has 0 aliphatic carbocycles. The minimum Gasteiger partial charge on any atom is -0.302 e. The van der Waals surface area contributed by atoms with Crippen LogP contribution in [0.4, 0.5) is 10.3 Å². The van der Waals surface area contributed by atoms with Gasteiger partial charge in [0.05, 0.1) is 17.8 Å². The standard InChI is InChI=1S/C22H24N4O2S2/c1-2-3-5-15-7-9-16(10-8-15)18-14-29-21(24-18)25-19(27)12-17-13-30-22(23-17)26-11-4-6-20(26)28/h7-10,13-14H,2-6,11-12H2,1H3,(H,24,25,27). The van der Waals surface area contributed by atoms with Crippen LogP contribution in [0.25, 0.3) is 11.3 Å². The molecular weight excluding hydrogens is 416 g/mol. The highest BCUT2D eigenvalue weighted by Gasteiger charge is 2.24. The highest BCUT2D eigenvalue weighted by Crippen LogP contribution is 2.27. The van der Waals surface area contributed by atoms with Crippen LogP contribution in [-0.2, 0) is 22.4 Å². The maximum atomic E-state index is 12.4. The summed E-state index contributed by atoms with van der Waals surface area (Å²) in [6, 6.07) is 8.46. The third-order valence-electron chi connectivity index (χ3n) is 5.00. The van der Waals surface area contributed by atoms with Crippen molar-refractivity contribution in [3.8, 4) is 11.3 Å². The van der Waals surface area contributed by atoms with Crippen LogP contribution in [0.5, 0.6) is 0 Å². The van der Waals surface area contributed by atoms with Gasteiger partial charge in [-0.3, -0.25) is 14.5 Å². The number of nitrogens with zero attached hydrogens (tertiary/aromatic N) is 3. The van der Waals surface area contributed by atoms with Crippen molar-refractivity contribution in [1.29, 1.82) is 0 Å². The summed E-state index contributed by atoms with van der Waals surface area (Å²) in [4.78, 5) is 34.9. The number of thiazole rings is 2. The number of nitrogens with one attached hydrogen (secondary N) is 1. The molecule has 1 aromatic carbocycles. The van der Waals surface area contributed by atoms with Crippen LogP contribution < -0.4 is 10.2 Å². The van der Waals surface area contributed by atoms with Gasteiger partial charge in [-0.25, -0.2) is 9.97 Å². The van der Waals surface area contributed by atoms with E-state index in [4.69, 9.17) is 0 Å². The van der Waals surface area contributed by atoms with Crippen molar-refractivity contribution in [2.24, 2.45) is 0 Å². The van der Waals surface area contributed by atoms with E-state index in [1.54, 1.807) is 4.90 Å². The molecule has 0 bridgehead atoms. The maximum absolute atomic E-state index is 12.4. The van der Waals surface area contributed by atoms with E-state index >= 15 is 0 Å². The van der Waals surface area contributed by atoms with Crippen LogP contribution >= 0.6 is 22.7 Å². The monoisotopic (exact) mass is 440 g/mol. The van der Waals surface area contributed by atoms with Gasteiger partial charge in [-0.1, -0.05) is 37.6 Å². The molecule has 156 valence electrons. The van der Waals surface area contributed by atoms with Crippen molar-refractivity contribution in [1.82, 2.24) is 9.97 Å². The van der Waals surface area contributed by atoms with Crippen LogP contribution in [0, 0.1) is 0 Å². The number of benzene rings is 1. The lowest BCUT2D eigenvalue weighted by molar-refractivity contribution is -0.117. The first kappa shape index (κ1) is 20.7. The van der Waals surface area contributed by atoms with Gasteiger partial charge in [-0.2, -0.15) is 0 Å². The van der Waals surface area contributed by atoms with E-state index in [0.29, 0.717) is 28.9 Å². The number of aryl methyl sites for hydroxylation is 1. The summed E-state index contributed by atoms with van der Waals surface area (Å²) in [5.74, 6) is -0.0514. The van der Waals surface area contributed by atoms with E-state index in [9.17, 15) is 9.59 Å². The molecule has 0 radical (unpaired) electrons. The van der Waals surface area contributed by atoms with Crippen molar-refractivity contribution in [2.75, 3.05) is 16.8 Å². The third kappa shape index (κ3) is 4.94. The second-order valence-electron chi connectivity index (χ2n) is 7.33. The van der Waals surface area contributed by atoms with E-state index in [-0.39, 0.29) is 18.2 Å². The number of hydrogen-bond donors (Lipinski definition) is 1. The molecule has 4 rings (SSSR count). The largest absolute Gasteiger partial charge is 0.302 e. The molecule has 0 unspecified atom stereocenters. The van der Waals surface area contributed by atoms with Gasteiger partial charge in [0.25, 0.3) is 0 Å². The molecule has 0 spiro atoms. The lowest BCUT2D eigenvalue weighted by atomic mass is 10.1. The number of amides is 2.